The average Bonchev–Trinajstić information content (AvgIpc) is 3.08. The van der Waals surface area contributed by atoms with E-state index >= 15 is 0 Å². The molecule has 2 heterocycles. The van der Waals surface area contributed by atoms with Crippen LogP contribution >= 0.6 is 0 Å². The first-order chi connectivity index (χ1) is 13.5. The van der Waals surface area contributed by atoms with Crippen molar-refractivity contribution in [1.29, 1.82) is 5.26 Å². The summed E-state index contributed by atoms with van der Waals surface area (Å²) in [5, 5.41) is 22.9. The Bertz CT molecular complexity index is 846. The summed E-state index contributed by atoms with van der Waals surface area (Å²) in [6.45, 7) is 8.17. The lowest BCUT2D eigenvalue weighted by atomic mass is 10.0. The van der Waals surface area contributed by atoms with Crippen molar-refractivity contribution in [2.45, 2.75) is 45.9 Å². The van der Waals surface area contributed by atoms with Crippen molar-refractivity contribution in [1.82, 2.24) is 10.3 Å². The van der Waals surface area contributed by atoms with Crippen LogP contribution in [0.1, 0.15) is 36.1 Å². The third-order valence-electron chi connectivity index (χ3n) is 4.95. The number of nitrogens with zero attached hydrogens (tertiary/aromatic N) is 3. The average molecular weight is 380 g/mol. The highest BCUT2D eigenvalue weighted by Gasteiger charge is 2.27. The molecule has 0 spiro atoms. The van der Waals surface area contributed by atoms with Crippen LogP contribution in [-0.4, -0.2) is 41.9 Å². The quantitative estimate of drug-likeness (QED) is 0.733. The van der Waals surface area contributed by atoms with Gasteiger partial charge in [0.1, 0.15) is 30.2 Å². The van der Waals surface area contributed by atoms with Crippen molar-refractivity contribution >= 4 is 5.82 Å². The lowest BCUT2D eigenvalue weighted by Crippen LogP contribution is -2.35. The van der Waals surface area contributed by atoms with E-state index in [1.165, 1.54) is 5.56 Å². The van der Waals surface area contributed by atoms with E-state index in [2.05, 4.69) is 33.4 Å². The topological polar surface area (TPSA) is 81.4 Å². The Kier molecular flexibility index (Phi) is 6.50. The van der Waals surface area contributed by atoms with Crippen LogP contribution in [0.25, 0.3) is 0 Å². The molecule has 3 rings (SSSR count). The highest BCUT2D eigenvalue weighted by Crippen LogP contribution is 2.35. The summed E-state index contributed by atoms with van der Waals surface area (Å²) in [5.74, 6) is 1.19. The van der Waals surface area contributed by atoms with Crippen molar-refractivity contribution in [2.75, 3.05) is 24.6 Å². The molecule has 1 unspecified atom stereocenters. The van der Waals surface area contributed by atoms with Gasteiger partial charge in [-0.2, -0.15) is 10.2 Å². The number of ether oxygens (including phenoxy) is 1. The Balaban J connectivity index is 1.79. The molecular weight excluding hydrogens is 352 g/mol. The standard InChI is InChI=1S/C22H28N4O2/c1-15(2)24-12-18(27)14-28-22-20(11-23)16(3)19-9-10-26(21(19)25-22)13-17-7-5-4-6-8-17/h4-8,15,18,24,27H,9-10,12-14H2,1-3H3. The van der Waals surface area contributed by atoms with Crippen molar-refractivity contribution in [3.63, 3.8) is 0 Å². The number of nitriles is 1. The minimum absolute atomic E-state index is 0.0955. The molecule has 1 aliphatic rings. The molecule has 2 aromatic rings. The van der Waals surface area contributed by atoms with Crippen LogP contribution in [0.5, 0.6) is 5.88 Å². The smallest absolute Gasteiger partial charge is 0.234 e. The fraction of sp³-hybridized carbons (Fsp3) is 0.455. The van der Waals surface area contributed by atoms with E-state index in [1.807, 2.05) is 39.0 Å². The van der Waals surface area contributed by atoms with E-state index in [9.17, 15) is 10.4 Å². The van der Waals surface area contributed by atoms with Crippen molar-refractivity contribution in [3.8, 4) is 11.9 Å². The molecular formula is C22H28N4O2. The van der Waals surface area contributed by atoms with Gasteiger partial charge >= 0.3 is 0 Å². The van der Waals surface area contributed by atoms with Crippen molar-refractivity contribution in [3.05, 3.63) is 52.6 Å². The molecule has 0 saturated carbocycles. The molecule has 0 radical (unpaired) electrons. The van der Waals surface area contributed by atoms with E-state index < -0.39 is 6.10 Å². The molecule has 0 saturated heterocycles. The largest absolute Gasteiger partial charge is 0.474 e. The number of hydrogen-bond acceptors (Lipinski definition) is 6. The molecule has 1 atom stereocenters. The van der Waals surface area contributed by atoms with Crippen LogP contribution in [0.3, 0.4) is 0 Å². The molecule has 0 fully saturated rings. The predicted octanol–water partition coefficient (Wildman–Crippen LogP) is 2.56. The summed E-state index contributed by atoms with van der Waals surface area (Å²) in [5.41, 5.74) is 3.72. The van der Waals surface area contributed by atoms with Gasteiger partial charge < -0.3 is 20.1 Å². The van der Waals surface area contributed by atoms with Crippen molar-refractivity contribution in [2.24, 2.45) is 0 Å². The molecule has 1 aromatic heterocycles. The Morgan fingerprint density at radius 2 is 2.07 bits per heavy atom. The zero-order valence-electron chi connectivity index (χ0n) is 16.8. The van der Waals surface area contributed by atoms with Gasteiger partial charge in [-0.25, -0.2) is 0 Å². The number of aliphatic hydroxyl groups excluding tert-OH is 1. The third-order valence-corrected chi connectivity index (χ3v) is 4.95. The lowest BCUT2D eigenvalue weighted by molar-refractivity contribution is 0.102. The molecule has 148 valence electrons. The van der Waals surface area contributed by atoms with Gasteiger partial charge in [-0.3, -0.25) is 0 Å². The summed E-state index contributed by atoms with van der Waals surface area (Å²) in [4.78, 5) is 6.90. The fourth-order valence-corrected chi connectivity index (χ4v) is 3.41. The maximum Gasteiger partial charge on any atom is 0.234 e. The Labute approximate surface area is 166 Å². The lowest BCUT2D eigenvalue weighted by Gasteiger charge is -2.21. The van der Waals surface area contributed by atoms with Crippen LogP contribution in [0, 0.1) is 18.3 Å². The molecule has 0 bridgehead atoms. The number of rotatable bonds is 8. The van der Waals surface area contributed by atoms with Crippen LogP contribution in [0.2, 0.25) is 0 Å². The van der Waals surface area contributed by atoms with E-state index in [0.29, 0.717) is 18.0 Å². The Morgan fingerprint density at radius 1 is 1.32 bits per heavy atom. The van der Waals surface area contributed by atoms with Crippen molar-refractivity contribution < 1.29 is 9.84 Å². The molecule has 28 heavy (non-hydrogen) atoms. The summed E-state index contributed by atoms with van der Waals surface area (Å²) < 4.78 is 5.78. The van der Waals surface area contributed by atoms with E-state index in [0.717, 1.165) is 36.5 Å². The Morgan fingerprint density at radius 3 is 2.75 bits per heavy atom. The second kappa shape index (κ2) is 9.05. The molecule has 0 amide bonds. The Hall–Kier alpha value is -2.62. The highest BCUT2D eigenvalue weighted by molar-refractivity contribution is 5.62. The molecule has 6 heteroatoms. The van der Waals surface area contributed by atoms with Gasteiger partial charge in [0.05, 0.1) is 0 Å². The van der Waals surface area contributed by atoms with Gasteiger partial charge in [-0.15, -0.1) is 0 Å². The first-order valence-electron chi connectivity index (χ1n) is 9.76. The van der Waals surface area contributed by atoms with E-state index in [4.69, 9.17) is 4.74 Å². The van der Waals surface area contributed by atoms with Crippen LogP contribution < -0.4 is 15.0 Å². The number of pyridine rings is 1. The maximum atomic E-state index is 10.1. The molecule has 1 aromatic carbocycles. The second-order valence-corrected chi connectivity index (χ2v) is 7.52. The zero-order chi connectivity index (χ0) is 20.1. The first kappa shape index (κ1) is 20.1. The van der Waals surface area contributed by atoms with E-state index in [1.54, 1.807) is 0 Å². The van der Waals surface area contributed by atoms with Gasteiger partial charge in [-0.05, 0) is 24.5 Å². The predicted molar refractivity (Wildman–Crippen MR) is 110 cm³/mol. The molecule has 6 nitrogen and oxygen atoms in total. The summed E-state index contributed by atoms with van der Waals surface area (Å²) >= 11 is 0. The minimum atomic E-state index is -0.662. The minimum Gasteiger partial charge on any atom is -0.474 e. The first-order valence-corrected chi connectivity index (χ1v) is 9.76. The highest BCUT2D eigenvalue weighted by atomic mass is 16.5. The third kappa shape index (κ3) is 4.61. The molecule has 0 aliphatic carbocycles. The summed E-state index contributed by atoms with van der Waals surface area (Å²) in [6.07, 6.45) is 0.210. The van der Waals surface area contributed by atoms with Crippen LogP contribution in [0.15, 0.2) is 30.3 Å². The van der Waals surface area contributed by atoms with Gasteiger partial charge in [0.15, 0.2) is 0 Å². The maximum absolute atomic E-state index is 10.1. The van der Waals surface area contributed by atoms with Crippen LogP contribution in [-0.2, 0) is 13.0 Å². The summed E-state index contributed by atoms with van der Waals surface area (Å²) in [7, 11) is 0. The van der Waals surface area contributed by atoms with Gasteiger partial charge in [0.2, 0.25) is 5.88 Å². The summed E-state index contributed by atoms with van der Waals surface area (Å²) in [6, 6.07) is 12.8. The fourth-order valence-electron chi connectivity index (χ4n) is 3.41. The second-order valence-electron chi connectivity index (χ2n) is 7.52. The number of anilines is 1. The number of hydrogen-bond donors (Lipinski definition) is 2. The number of aromatic nitrogens is 1. The normalized spacial score (nSPS) is 14.1. The molecule has 2 N–H and O–H groups in total. The monoisotopic (exact) mass is 380 g/mol. The van der Waals surface area contributed by atoms with Gasteiger partial charge in [0, 0.05) is 31.2 Å². The molecule has 1 aliphatic heterocycles. The number of aliphatic hydroxyl groups is 1. The van der Waals surface area contributed by atoms with Crippen LogP contribution in [0.4, 0.5) is 5.82 Å². The van der Waals surface area contributed by atoms with Gasteiger partial charge in [0.25, 0.3) is 0 Å². The number of fused-ring (bicyclic) bond motifs is 1. The number of nitrogens with one attached hydrogen (secondary N) is 1. The SMILES string of the molecule is Cc1c(C#N)c(OCC(O)CNC(C)C)nc2c1CCN2Cc1ccccc1. The zero-order valence-corrected chi connectivity index (χ0v) is 16.8. The number of benzene rings is 1. The van der Waals surface area contributed by atoms with E-state index in [-0.39, 0.29) is 12.6 Å². The van der Waals surface area contributed by atoms with Gasteiger partial charge in [-0.1, -0.05) is 44.2 Å².